The van der Waals surface area contributed by atoms with Gasteiger partial charge in [-0.05, 0) is 51.4 Å². The monoisotopic (exact) mass is 260 g/mol. The Morgan fingerprint density at radius 3 is 2.47 bits per heavy atom. The predicted molar refractivity (Wildman–Crippen MR) is 82.4 cm³/mol. The van der Waals surface area contributed by atoms with Gasteiger partial charge in [0.05, 0.1) is 0 Å². The van der Waals surface area contributed by atoms with Gasteiger partial charge >= 0.3 is 0 Å². The van der Waals surface area contributed by atoms with E-state index in [4.69, 9.17) is 0 Å². The van der Waals surface area contributed by atoms with Crippen molar-refractivity contribution in [3.05, 3.63) is 35.4 Å². The van der Waals surface area contributed by atoms with E-state index in [1.54, 1.807) is 0 Å². The molecule has 1 fully saturated rings. The van der Waals surface area contributed by atoms with Gasteiger partial charge in [-0.2, -0.15) is 0 Å². The Labute approximate surface area is 118 Å². The minimum absolute atomic E-state index is 0.232. The molecule has 1 aromatic rings. The molecule has 1 aromatic carbocycles. The van der Waals surface area contributed by atoms with E-state index in [1.165, 1.54) is 24.0 Å². The summed E-state index contributed by atoms with van der Waals surface area (Å²) in [6.07, 6.45) is 2.48. The van der Waals surface area contributed by atoms with Crippen molar-refractivity contribution in [3.63, 3.8) is 0 Å². The van der Waals surface area contributed by atoms with Crippen LogP contribution in [0.5, 0.6) is 0 Å². The number of hydrogen-bond donors (Lipinski definition) is 1. The molecule has 106 valence electrons. The van der Waals surface area contributed by atoms with Gasteiger partial charge in [0.2, 0.25) is 0 Å². The van der Waals surface area contributed by atoms with Gasteiger partial charge in [-0.1, -0.05) is 43.7 Å². The quantitative estimate of drug-likeness (QED) is 0.875. The number of benzene rings is 1. The van der Waals surface area contributed by atoms with Crippen LogP contribution in [0.1, 0.15) is 37.8 Å². The van der Waals surface area contributed by atoms with Crippen molar-refractivity contribution in [2.45, 2.75) is 39.2 Å². The Balaban J connectivity index is 2.20. The molecule has 2 nitrogen and oxygen atoms in total. The molecule has 0 spiro atoms. The normalized spacial score (nSPS) is 30.4. The highest BCUT2D eigenvalue weighted by molar-refractivity contribution is 5.33. The fraction of sp³-hybridized carbons (Fsp3) is 0.647. The highest BCUT2D eigenvalue weighted by Gasteiger charge is 2.53. The Morgan fingerprint density at radius 1 is 1.26 bits per heavy atom. The zero-order valence-electron chi connectivity index (χ0n) is 13.1. The summed E-state index contributed by atoms with van der Waals surface area (Å²) in [5.74, 6) is 0. The molecule has 0 atom stereocenters. The Kier molecular flexibility index (Phi) is 4.03. The summed E-state index contributed by atoms with van der Waals surface area (Å²) in [4.78, 5) is 2.41. The van der Waals surface area contributed by atoms with Crippen LogP contribution < -0.4 is 5.32 Å². The maximum atomic E-state index is 3.51. The van der Waals surface area contributed by atoms with Crippen molar-refractivity contribution in [1.82, 2.24) is 10.2 Å². The molecule has 0 aliphatic heterocycles. The molecular weight excluding hydrogens is 232 g/mol. The molecule has 0 aromatic heterocycles. The largest absolute Gasteiger partial charge is 0.316 e. The van der Waals surface area contributed by atoms with Crippen molar-refractivity contribution in [1.29, 1.82) is 0 Å². The van der Waals surface area contributed by atoms with E-state index in [-0.39, 0.29) is 5.54 Å². The summed E-state index contributed by atoms with van der Waals surface area (Å²) in [6, 6.07) is 9.02. The van der Waals surface area contributed by atoms with Crippen LogP contribution in [0.2, 0.25) is 0 Å². The lowest BCUT2D eigenvalue weighted by Gasteiger charge is -2.58. The third kappa shape index (κ3) is 2.70. The van der Waals surface area contributed by atoms with Gasteiger partial charge in [-0.3, -0.25) is 4.90 Å². The molecule has 0 amide bonds. The van der Waals surface area contributed by atoms with Crippen LogP contribution in [0.3, 0.4) is 0 Å². The maximum absolute atomic E-state index is 3.51. The van der Waals surface area contributed by atoms with E-state index >= 15 is 0 Å². The zero-order chi connectivity index (χ0) is 14.1. The zero-order valence-corrected chi connectivity index (χ0v) is 13.1. The molecule has 0 unspecified atom stereocenters. The van der Waals surface area contributed by atoms with E-state index in [9.17, 15) is 0 Å². The van der Waals surface area contributed by atoms with Crippen molar-refractivity contribution in [2.24, 2.45) is 5.41 Å². The lowest BCUT2D eigenvalue weighted by atomic mass is 9.55. The Hall–Kier alpha value is -0.860. The molecule has 1 N–H and O–H groups in total. The van der Waals surface area contributed by atoms with Crippen LogP contribution in [-0.4, -0.2) is 32.1 Å². The van der Waals surface area contributed by atoms with E-state index in [0.717, 1.165) is 13.1 Å². The van der Waals surface area contributed by atoms with Crippen molar-refractivity contribution in [2.75, 3.05) is 27.2 Å². The van der Waals surface area contributed by atoms with Crippen LogP contribution in [-0.2, 0) is 5.54 Å². The van der Waals surface area contributed by atoms with Gasteiger partial charge in [0.1, 0.15) is 0 Å². The first-order valence-electron chi connectivity index (χ1n) is 7.37. The molecule has 2 heteroatoms. The third-order valence-corrected chi connectivity index (χ3v) is 4.65. The number of nitrogens with zero attached hydrogens (tertiary/aromatic N) is 1. The third-order valence-electron chi connectivity index (χ3n) is 4.65. The maximum Gasteiger partial charge on any atom is 0.0466 e. The first kappa shape index (κ1) is 14.5. The molecule has 19 heavy (non-hydrogen) atoms. The van der Waals surface area contributed by atoms with Crippen LogP contribution in [0, 0.1) is 12.3 Å². The summed E-state index contributed by atoms with van der Waals surface area (Å²) in [6.45, 7) is 8.97. The van der Waals surface area contributed by atoms with E-state index in [0.29, 0.717) is 5.41 Å². The second-order valence-corrected chi connectivity index (χ2v) is 6.74. The van der Waals surface area contributed by atoms with Gasteiger partial charge in [0.15, 0.2) is 0 Å². The molecule has 0 radical (unpaired) electrons. The molecule has 0 saturated heterocycles. The van der Waals surface area contributed by atoms with Crippen LogP contribution in [0.25, 0.3) is 0 Å². The smallest absolute Gasteiger partial charge is 0.0466 e. The standard InChI is InChI=1S/C17H28N2/c1-6-18-13-16(3)11-17(12-16,19(4)5)15-9-7-8-14(2)10-15/h7-10,18H,6,11-13H2,1-5H3. The average Bonchev–Trinajstić information content (AvgIpc) is 2.32. The minimum atomic E-state index is 0.232. The summed E-state index contributed by atoms with van der Waals surface area (Å²) in [7, 11) is 4.43. The number of aryl methyl sites for hydroxylation is 1. The lowest BCUT2D eigenvalue weighted by molar-refractivity contribution is -0.0572. The van der Waals surface area contributed by atoms with Crippen LogP contribution >= 0.6 is 0 Å². The molecule has 0 heterocycles. The Bertz CT molecular complexity index is 431. The highest BCUT2D eigenvalue weighted by atomic mass is 15.2. The van der Waals surface area contributed by atoms with Crippen molar-refractivity contribution < 1.29 is 0 Å². The second-order valence-electron chi connectivity index (χ2n) is 6.74. The number of nitrogens with one attached hydrogen (secondary N) is 1. The molecular formula is C17H28N2. The SMILES string of the molecule is CCNCC1(C)CC(c2cccc(C)c2)(N(C)C)C1. The highest BCUT2D eigenvalue weighted by Crippen LogP contribution is 2.56. The van der Waals surface area contributed by atoms with Crippen molar-refractivity contribution >= 4 is 0 Å². The fourth-order valence-corrected chi connectivity index (χ4v) is 3.63. The van der Waals surface area contributed by atoms with Crippen LogP contribution in [0.15, 0.2) is 24.3 Å². The van der Waals surface area contributed by atoms with E-state index < -0.39 is 0 Å². The van der Waals surface area contributed by atoms with Gasteiger partial charge in [-0.15, -0.1) is 0 Å². The summed E-state index contributed by atoms with van der Waals surface area (Å²) in [5.41, 5.74) is 3.51. The number of hydrogen-bond acceptors (Lipinski definition) is 2. The minimum Gasteiger partial charge on any atom is -0.316 e. The molecule has 2 rings (SSSR count). The average molecular weight is 260 g/mol. The van der Waals surface area contributed by atoms with Crippen LogP contribution in [0.4, 0.5) is 0 Å². The van der Waals surface area contributed by atoms with E-state index in [2.05, 4.69) is 69.3 Å². The fourth-order valence-electron chi connectivity index (χ4n) is 3.63. The van der Waals surface area contributed by atoms with Crippen molar-refractivity contribution in [3.8, 4) is 0 Å². The van der Waals surface area contributed by atoms with Gasteiger partial charge < -0.3 is 5.32 Å². The Morgan fingerprint density at radius 2 is 1.95 bits per heavy atom. The first-order valence-corrected chi connectivity index (χ1v) is 7.37. The predicted octanol–water partition coefficient (Wildman–Crippen LogP) is 3.16. The van der Waals surface area contributed by atoms with Gasteiger partial charge in [0, 0.05) is 12.1 Å². The topological polar surface area (TPSA) is 15.3 Å². The van der Waals surface area contributed by atoms with Gasteiger partial charge in [0.25, 0.3) is 0 Å². The van der Waals surface area contributed by atoms with Gasteiger partial charge in [-0.25, -0.2) is 0 Å². The first-order chi connectivity index (χ1) is 8.92. The lowest BCUT2D eigenvalue weighted by Crippen LogP contribution is -2.59. The second kappa shape index (κ2) is 5.26. The van der Waals surface area contributed by atoms with E-state index in [1.807, 2.05) is 0 Å². The summed E-state index contributed by atoms with van der Waals surface area (Å²) >= 11 is 0. The summed E-state index contributed by atoms with van der Waals surface area (Å²) in [5, 5.41) is 3.51. The summed E-state index contributed by atoms with van der Waals surface area (Å²) < 4.78 is 0. The molecule has 1 saturated carbocycles. The molecule has 1 aliphatic carbocycles. The number of rotatable bonds is 5. The molecule has 0 bridgehead atoms. The molecule has 1 aliphatic rings.